The van der Waals surface area contributed by atoms with E-state index < -0.39 is 28.7 Å². The van der Waals surface area contributed by atoms with Crippen LogP contribution in [0.3, 0.4) is 0 Å². The molecule has 8 nitrogen and oxygen atoms in total. The summed E-state index contributed by atoms with van der Waals surface area (Å²) in [7, 11) is 0. The maximum Gasteiger partial charge on any atom is 0.417 e. The van der Waals surface area contributed by atoms with Gasteiger partial charge in [-0.05, 0) is 61.2 Å². The quantitative estimate of drug-likeness (QED) is 0.336. The number of nitrogens with zero attached hydrogens (tertiary/aromatic N) is 1. The number of benzene rings is 2. The van der Waals surface area contributed by atoms with E-state index in [9.17, 15) is 27.6 Å². The van der Waals surface area contributed by atoms with Crippen LogP contribution in [0.4, 0.5) is 18.9 Å². The molecule has 0 radical (unpaired) electrons. The van der Waals surface area contributed by atoms with E-state index in [0.29, 0.717) is 28.8 Å². The highest BCUT2D eigenvalue weighted by Gasteiger charge is 2.34. The van der Waals surface area contributed by atoms with Crippen LogP contribution in [0.2, 0.25) is 5.02 Å². The summed E-state index contributed by atoms with van der Waals surface area (Å²) in [5, 5.41) is 10.8. The molecule has 1 aliphatic carbocycles. The lowest BCUT2D eigenvalue weighted by molar-refractivity contribution is -0.137. The van der Waals surface area contributed by atoms with Crippen molar-refractivity contribution >= 4 is 35.0 Å². The minimum absolute atomic E-state index is 0.0311. The summed E-state index contributed by atoms with van der Waals surface area (Å²) in [5.41, 5.74) is 1.16. The van der Waals surface area contributed by atoms with Crippen molar-refractivity contribution in [2.75, 3.05) is 11.9 Å². The number of nitrogens with one attached hydrogen (secondary N) is 4. The lowest BCUT2D eigenvalue weighted by Gasteiger charge is -2.15. The van der Waals surface area contributed by atoms with Crippen molar-refractivity contribution in [2.45, 2.75) is 43.6 Å². The Hall–Kier alpha value is -3.96. The summed E-state index contributed by atoms with van der Waals surface area (Å²) in [6.07, 6.45) is 0.665. The van der Waals surface area contributed by atoms with E-state index in [1.54, 1.807) is 30.5 Å². The molecular weight excluding hydrogens is 547 g/mol. The number of hydrogen-bond donors (Lipinski definition) is 4. The Morgan fingerprint density at radius 2 is 1.62 bits per heavy atom. The standard InChI is InChI=1S/C28H25ClF3N5O3/c29-23-7-6-20(10-22(23)28(30,31)32)36-27(40)24-11-21(14-34-24)37-25(38)16-3-1-2-15(8-16)17-9-18(13-33-12-17)26(39)35-19-4-5-19/h1-3,6-10,12-13,19,21,24,34H,4-5,11,14H2,(H,35,39)(H,36,40)(H,37,38)/t21-,24-/m1/s1. The molecule has 0 spiro atoms. The summed E-state index contributed by atoms with van der Waals surface area (Å²) in [5.74, 6) is -1.06. The molecule has 40 heavy (non-hydrogen) atoms. The van der Waals surface area contributed by atoms with Gasteiger partial charge in [-0.2, -0.15) is 13.2 Å². The van der Waals surface area contributed by atoms with Crippen LogP contribution >= 0.6 is 11.6 Å². The van der Waals surface area contributed by atoms with Crippen LogP contribution < -0.4 is 21.3 Å². The molecule has 4 N–H and O–H groups in total. The number of halogens is 4. The van der Waals surface area contributed by atoms with Gasteiger partial charge in [-0.15, -0.1) is 0 Å². The Morgan fingerprint density at radius 3 is 2.38 bits per heavy atom. The molecule has 1 aliphatic heterocycles. The molecule has 1 saturated heterocycles. The zero-order valence-electron chi connectivity index (χ0n) is 21.0. The molecule has 2 aromatic carbocycles. The zero-order valence-corrected chi connectivity index (χ0v) is 21.8. The van der Waals surface area contributed by atoms with Crippen LogP contribution in [0.5, 0.6) is 0 Å². The van der Waals surface area contributed by atoms with Crippen molar-refractivity contribution in [3.63, 3.8) is 0 Å². The molecule has 2 atom stereocenters. The van der Waals surface area contributed by atoms with Gasteiger partial charge in [0.25, 0.3) is 11.8 Å². The second kappa shape index (κ2) is 11.3. The van der Waals surface area contributed by atoms with Gasteiger partial charge in [0.2, 0.25) is 5.91 Å². The highest BCUT2D eigenvalue weighted by Crippen LogP contribution is 2.36. The van der Waals surface area contributed by atoms with E-state index in [1.165, 1.54) is 12.3 Å². The van der Waals surface area contributed by atoms with Crippen LogP contribution in [-0.2, 0) is 11.0 Å². The average molecular weight is 572 g/mol. The summed E-state index contributed by atoms with van der Waals surface area (Å²) in [4.78, 5) is 42.2. The summed E-state index contributed by atoms with van der Waals surface area (Å²) >= 11 is 5.64. The van der Waals surface area contributed by atoms with E-state index in [1.807, 2.05) is 6.07 Å². The van der Waals surface area contributed by atoms with Gasteiger partial charge in [0.05, 0.1) is 22.2 Å². The molecule has 0 unspecified atom stereocenters. The van der Waals surface area contributed by atoms with Crippen molar-refractivity contribution in [1.29, 1.82) is 0 Å². The van der Waals surface area contributed by atoms with Crippen molar-refractivity contribution in [3.8, 4) is 11.1 Å². The van der Waals surface area contributed by atoms with Gasteiger partial charge >= 0.3 is 6.18 Å². The molecular formula is C28H25ClF3N5O3. The Kier molecular flexibility index (Phi) is 7.77. The Morgan fingerprint density at radius 1 is 0.900 bits per heavy atom. The first-order valence-corrected chi connectivity index (χ1v) is 13.0. The SMILES string of the molecule is O=C(NC1CC1)c1cncc(-c2cccc(C(=O)N[C@H]3CN[C@@H](C(=O)Nc4ccc(Cl)c(C(F)(F)F)c4)C3)c2)c1. The average Bonchev–Trinajstić information content (AvgIpc) is 3.62. The zero-order chi connectivity index (χ0) is 28.4. The number of anilines is 1. The highest BCUT2D eigenvalue weighted by molar-refractivity contribution is 6.31. The highest BCUT2D eigenvalue weighted by atomic mass is 35.5. The summed E-state index contributed by atoms with van der Waals surface area (Å²) in [6, 6.07) is 10.9. The predicted molar refractivity (Wildman–Crippen MR) is 143 cm³/mol. The van der Waals surface area contributed by atoms with Crippen molar-refractivity contribution in [2.24, 2.45) is 0 Å². The number of amides is 3. The maximum absolute atomic E-state index is 13.1. The van der Waals surface area contributed by atoms with E-state index in [0.717, 1.165) is 25.0 Å². The van der Waals surface area contributed by atoms with Crippen LogP contribution in [0.1, 0.15) is 45.5 Å². The van der Waals surface area contributed by atoms with Crippen molar-refractivity contribution < 1.29 is 27.6 Å². The Bertz CT molecular complexity index is 1460. The molecule has 2 heterocycles. The first kappa shape index (κ1) is 27.6. The number of aromatic nitrogens is 1. The van der Waals surface area contributed by atoms with Gasteiger partial charge in [0, 0.05) is 47.8 Å². The molecule has 1 saturated carbocycles. The number of rotatable bonds is 7. The van der Waals surface area contributed by atoms with Gasteiger partial charge in [-0.1, -0.05) is 23.7 Å². The molecule has 2 fully saturated rings. The van der Waals surface area contributed by atoms with Gasteiger partial charge < -0.3 is 21.3 Å². The fraction of sp³-hybridized carbons (Fsp3) is 0.286. The number of carbonyl (C=O) groups is 3. The van der Waals surface area contributed by atoms with Crippen LogP contribution in [0.25, 0.3) is 11.1 Å². The first-order valence-electron chi connectivity index (χ1n) is 12.6. The van der Waals surface area contributed by atoms with Crippen molar-refractivity contribution in [1.82, 2.24) is 20.9 Å². The van der Waals surface area contributed by atoms with E-state index in [2.05, 4.69) is 26.3 Å². The third kappa shape index (κ3) is 6.60. The minimum atomic E-state index is -4.65. The Balaban J connectivity index is 1.19. The number of hydrogen-bond acceptors (Lipinski definition) is 5. The number of pyridine rings is 1. The normalized spacial score (nSPS) is 18.7. The summed E-state index contributed by atoms with van der Waals surface area (Å²) < 4.78 is 39.4. The monoisotopic (exact) mass is 571 g/mol. The second-order valence-corrected chi connectivity index (χ2v) is 10.2. The fourth-order valence-corrected chi connectivity index (χ4v) is 4.65. The third-order valence-electron chi connectivity index (χ3n) is 6.69. The molecule has 208 valence electrons. The molecule has 5 rings (SSSR count). The minimum Gasteiger partial charge on any atom is -0.349 e. The van der Waals surface area contributed by atoms with Crippen LogP contribution in [0.15, 0.2) is 60.9 Å². The van der Waals surface area contributed by atoms with E-state index in [-0.39, 0.29) is 36.0 Å². The maximum atomic E-state index is 13.1. The van der Waals surface area contributed by atoms with Gasteiger partial charge in [0.15, 0.2) is 0 Å². The predicted octanol–water partition coefficient (Wildman–Crippen LogP) is 4.41. The van der Waals surface area contributed by atoms with Gasteiger partial charge in [0.1, 0.15) is 0 Å². The lowest BCUT2D eigenvalue weighted by atomic mass is 10.0. The largest absolute Gasteiger partial charge is 0.417 e. The fourth-order valence-electron chi connectivity index (χ4n) is 4.42. The van der Waals surface area contributed by atoms with Gasteiger partial charge in [-0.3, -0.25) is 19.4 Å². The number of carbonyl (C=O) groups excluding carboxylic acids is 3. The molecule has 1 aromatic heterocycles. The van der Waals surface area contributed by atoms with Crippen molar-refractivity contribution in [3.05, 3.63) is 82.6 Å². The second-order valence-electron chi connectivity index (χ2n) is 9.84. The topological polar surface area (TPSA) is 112 Å². The smallest absolute Gasteiger partial charge is 0.349 e. The van der Waals surface area contributed by atoms with Crippen LogP contribution in [0, 0.1) is 0 Å². The summed E-state index contributed by atoms with van der Waals surface area (Å²) in [6.45, 7) is 0.306. The van der Waals surface area contributed by atoms with Crippen LogP contribution in [-0.4, -0.2) is 47.4 Å². The molecule has 3 aromatic rings. The molecule has 2 aliphatic rings. The van der Waals surface area contributed by atoms with E-state index in [4.69, 9.17) is 11.6 Å². The lowest BCUT2D eigenvalue weighted by Crippen LogP contribution is -2.36. The third-order valence-corrected chi connectivity index (χ3v) is 7.02. The van der Waals surface area contributed by atoms with E-state index >= 15 is 0 Å². The first-order chi connectivity index (χ1) is 19.1. The Labute approximate surface area is 232 Å². The van der Waals surface area contributed by atoms with Gasteiger partial charge in [-0.25, -0.2) is 0 Å². The molecule has 3 amide bonds. The number of alkyl halides is 3. The molecule has 12 heteroatoms. The molecule has 0 bridgehead atoms.